The largest absolute Gasteiger partial charge is 0.378 e. The van der Waals surface area contributed by atoms with Gasteiger partial charge in [0.05, 0.1) is 0 Å². The summed E-state index contributed by atoms with van der Waals surface area (Å²) in [5, 5.41) is 10.1. The van der Waals surface area contributed by atoms with Crippen LogP contribution < -0.4 is 0 Å². The lowest BCUT2D eigenvalue weighted by Gasteiger charge is -2.02. The van der Waals surface area contributed by atoms with Crippen LogP contribution in [0.25, 0.3) is 0 Å². The van der Waals surface area contributed by atoms with Crippen molar-refractivity contribution >= 4 is 5.97 Å². The van der Waals surface area contributed by atoms with Gasteiger partial charge in [0.25, 0.3) is 0 Å². The summed E-state index contributed by atoms with van der Waals surface area (Å²) >= 11 is 0. The molecule has 0 heterocycles. The molecule has 0 fully saturated rings. The molecule has 2 nitrogen and oxygen atoms in total. The van der Waals surface area contributed by atoms with E-state index in [2.05, 4.69) is 6.92 Å². The standard InChI is InChI=1S/C18H33O2/c1-2-3-4-5-6-7-8-9-10-11-12-13-14-15-16-17-18(19)20/h16-17H,2-15H2,1H3. The van der Waals surface area contributed by atoms with Gasteiger partial charge in [-0.05, 0) is 12.8 Å². The molecule has 0 bridgehead atoms. The number of hydrogen-bond donors (Lipinski definition) is 0. The minimum Gasteiger partial charge on any atom is -0.242 e. The molecule has 20 heavy (non-hydrogen) atoms. The van der Waals surface area contributed by atoms with Gasteiger partial charge in [-0.2, -0.15) is 0 Å². The van der Waals surface area contributed by atoms with Crippen LogP contribution in [-0.4, -0.2) is 5.97 Å². The monoisotopic (exact) mass is 281 g/mol. The maximum Gasteiger partial charge on any atom is 0.378 e. The Hall–Kier alpha value is -0.790. The van der Waals surface area contributed by atoms with Crippen molar-refractivity contribution in [1.29, 1.82) is 0 Å². The average Bonchev–Trinajstić information content (AvgIpc) is 2.43. The Labute approximate surface area is 125 Å². The third-order valence-corrected chi connectivity index (χ3v) is 3.73. The predicted octanol–water partition coefficient (Wildman–Crippen LogP) is 5.98. The summed E-state index contributed by atoms with van der Waals surface area (Å²) in [6, 6.07) is 0. The van der Waals surface area contributed by atoms with E-state index in [1.807, 2.05) is 0 Å². The zero-order valence-electron chi connectivity index (χ0n) is 13.4. The van der Waals surface area contributed by atoms with Crippen molar-refractivity contribution in [1.82, 2.24) is 0 Å². The van der Waals surface area contributed by atoms with Gasteiger partial charge in [0.1, 0.15) is 0 Å². The van der Waals surface area contributed by atoms with Crippen molar-refractivity contribution in [2.24, 2.45) is 0 Å². The smallest absolute Gasteiger partial charge is 0.242 e. The topological polar surface area (TPSA) is 37.0 Å². The molecule has 0 amide bonds. The highest BCUT2D eigenvalue weighted by Gasteiger charge is 1.93. The van der Waals surface area contributed by atoms with Crippen LogP contribution in [0.3, 0.4) is 0 Å². The van der Waals surface area contributed by atoms with Crippen LogP contribution in [0.4, 0.5) is 0 Å². The summed E-state index contributed by atoms with van der Waals surface area (Å²) in [5.74, 6) is -1.08. The van der Waals surface area contributed by atoms with Crippen molar-refractivity contribution in [3.63, 3.8) is 0 Å². The van der Waals surface area contributed by atoms with Gasteiger partial charge in [-0.15, -0.1) is 0 Å². The highest BCUT2D eigenvalue weighted by Crippen LogP contribution is 2.12. The predicted molar refractivity (Wildman–Crippen MR) is 85.1 cm³/mol. The van der Waals surface area contributed by atoms with Crippen LogP contribution in [0, 0.1) is 0 Å². The number of carbonyl (C=O) groups excluding carboxylic acids is 1. The molecule has 0 unspecified atom stereocenters. The fourth-order valence-corrected chi connectivity index (χ4v) is 2.46. The second-order valence-corrected chi connectivity index (χ2v) is 5.75. The lowest BCUT2D eigenvalue weighted by atomic mass is 10.0. The molecule has 0 spiro atoms. The molecule has 2 heteroatoms. The quantitative estimate of drug-likeness (QED) is 0.268. The van der Waals surface area contributed by atoms with Gasteiger partial charge in [0, 0.05) is 6.08 Å². The maximum absolute atomic E-state index is 10.1. The minimum atomic E-state index is -1.08. The molecule has 0 aliphatic heterocycles. The zero-order valence-corrected chi connectivity index (χ0v) is 13.4. The first-order valence-corrected chi connectivity index (χ1v) is 8.65. The molecule has 0 saturated heterocycles. The van der Waals surface area contributed by atoms with E-state index < -0.39 is 5.97 Å². The van der Waals surface area contributed by atoms with Gasteiger partial charge in [-0.3, -0.25) is 0 Å². The van der Waals surface area contributed by atoms with E-state index >= 15 is 0 Å². The Morgan fingerprint density at radius 1 is 0.700 bits per heavy atom. The van der Waals surface area contributed by atoms with E-state index in [0.29, 0.717) is 0 Å². The van der Waals surface area contributed by atoms with Crippen LogP contribution >= 0.6 is 0 Å². The second kappa shape index (κ2) is 16.3. The first-order valence-electron chi connectivity index (χ1n) is 8.65. The van der Waals surface area contributed by atoms with Crippen LogP contribution in [0.15, 0.2) is 12.2 Å². The van der Waals surface area contributed by atoms with Crippen LogP contribution in [0.2, 0.25) is 0 Å². The molecule has 0 aromatic heterocycles. The van der Waals surface area contributed by atoms with Gasteiger partial charge < -0.3 is 0 Å². The van der Waals surface area contributed by atoms with Crippen molar-refractivity contribution in [2.45, 2.75) is 96.8 Å². The summed E-state index contributed by atoms with van der Waals surface area (Å²) in [6.07, 6.45) is 21.2. The molecule has 0 N–H and O–H groups in total. The molecule has 117 valence electrons. The fourth-order valence-electron chi connectivity index (χ4n) is 2.46. The van der Waals surface area contributed by atoms with Crippen molar-refractivity contribution in [3.8, 4) is 0 Å². The maximum atomic E-state index is 10.1. The number of unbranched alkanes of at least 4 members (excludes halogenated alkanes) is 13. The normalized spacial score (nSPS) is 11.2. The summed E-state index contributed by atoms with van der Waals surface area (Å²) < 4.78 is 0. The van der Waals surface area contributed by atoms with E-state index in [-0.39, 0.29) is 0 Å². The first kappa shape index (κ1) is 19.2. The SMILES string of the molecule is CCCCCCCCCCCCCCCC=CC([O])=O. The lowest BCUT2D eigenvalue weighted by molar-refractivity contribution is -0.137. The van der Waals surface area contributed by atoms with E-state index in [1.54, 1.807) is 6.08 Å². The second-order valence-electron chi connectivity index (χ2n) is 5.75. The molecule has 0 saturated carbocycles. The van der Waals surface area contributed by atoms with E-state index in [1.165, 1.54) is 77.0 Å². The Morgan fingerprint density at radius 2 is 1.10 bits per heavy atom. The molecular weight excluding hydrogens is 248 g/mol. The van der Waals surface area contributed by atoms with E-state index in [0.717, 1.165) is 18.9 Å². The molecular formula is C18H33O2. The first-order chi connectivity index (χ1) is 9.77. The minimum absolute atomic E-state index is 0.867. The molecule has 0 aromatic rings. The third kappa shape index (κ3) is 17.2. The van der Waals surface area contributed by atoms with Gasteiger partial charge in [-0.1, -0.05) is 90.0 Å². The number of rotatable bonds is 15. The summed E-state index contributed by atoms with van der Waals surface area (Å²) in [4.78, 5) is 10.1. The van der Waals surface area contributed by atoms with Gasteiger partial charge >= 0.3 is 5.97 Å². The van der Waals surface area contributed by atoms with Crippen LogP contribution in [0.5, 0.6) is 0 Å². The summed E-state index contributed by atoms with van der Waals surface area (Å²) in [7, 11) is 0. The Balaban J connectivity index is 3.01. The van der Waals surface area contributed by atoms with Crippen molar-refractivity contribution in [3.05, 3.63) is 12.2 Å². The summed E-state index contributed by atoms with van der Waals surface area (Å²) in [5.41, 5.74) is 0. The Kier molecular flexibility index (Phi) is 15.6. The van der Waals surface area contributed by atoms with Crippen LogP contribution in [-0.2, 0) is 9.90 Å². The number of carbonyl (C=O) groups is 1. The molecule has 0 rings (SSSR count). The molecule has 1 radical (unpaired) electrons. The molecule has 0 aromatic carbocycles. The number of allylic oxidation sites excluding steroid dienone is 1. The van der Waals surface area contributed by atoms with E-state index in [4.69, 9.17) is 0 Å². The molecule has 0 aliphatic rings. The Bertz CT molecular complexity index is 234. The highest BCUT2D eigenvalue weighted by atomic mass is 16.4. The lowest BCUT2D eigenvalue weighted by Crippen LogP contribution is -1.84. The van der Waals surface area contributed by atoms with E-state index in [9.17, 15) is 9.90 Å². The third-order valence-electron chi connectivity index (χ3n) is 3.73. The fraction of sp³-hybridized carbons (Fsp3) is 0.833. The van der Waals surface area contributed by atoms with Crippen LogP contribution in [0.1, 0.15) is 96.8 Å². The van der Waals surface area contributed by atoms with Crippen molar-refractivity contribution in [2.75, 3.05) is 0 Å². The van der Waals surface area contributed by atoms with Crippen molar-refractivity contribution < 1.29 is 9.90 Å². The molecule has 0 aliphatic carbocycles. The average molecular weight is 281 g/mol. The molecule has 0 atom stereocenters. The van der Waals surface area contributed by atoms with Gasteiger partial charge in [0.2, 0.25) is 0 Å². The number of hydrogen-bond acceptors (Lipinski definition) is 1. The van der Waals surface area contributed by atoms with Gasteiger partial charge in [-0.25, -0.2) is 9.90 Å². The Morgan fingerprint density at radius 3 is 1.50 bits per heavy atom. The van der Waals surface area contributed by atoms with Gasteiger partial charge in [0.15, 0.2) is 0 Å². The highest BCUT2D eigenvalue weighted by molar-refractivity contribution is 5.79. The zero-order chi connectivity index (χ0) is 14.9. The summed E-state index contributed by atoms with van der Waals surface area (Å²) in [6.45, 7) is 2.26.